The van der Waals surface area contributed by atoms with Gasteiger partial charge in [0.05, 0.1) is 17.1 Å². The van der Waals surface area contributed by atoms with E-state index in [1.165, 1.54) is 24.5 Å². The maximum atomic E-state index is 12.9. The largest absolute Gasteiger partial charge is 0.493 e. The van der Waals surface area contributed by atoms with Crippen molar-refractivity contribution in [2.24, 2.45) is 0 Å². The molecule has 0 fully saturated rings. The van der Waals surface area contributed by atoms with Gasteiger partial charge in [0.2, 0.25) is 0 Å². The zero-order valence-corrected chi connectivity index (χ0v) is 22.5. The van der Waals surface area contributed by atoms with Crippen LogP contribution in [0.15, 0.2) is 46.4 Å². The van der Waals surface area contributed by atoms with Crippen molar-refractivity contribution < 1.29 is 14.3 Å². The van der Waals surface area contributed by atoms with Crippen LogP contribution in [0.25, 0.3) is 6.08 Å². The van der Waals surface area contributed by atoms with Gasteiger partial charge in [-0.2, -0.15) is 10.5 Å². The molecule has 0 atom stereocenters. The van der Waals surface area contributed by atoms with Crippen molar-refractivity contribution in [3.05, 3.63) is 78.6 Å². The van der Waals surface area contributed by atoms with Gasteiger partial charge in [-0.3, -0.25) is 4.79 Å². The normalized spacial score (nSPS) is 12.8. The summed E-state index contributed by atoms with van der Waals surface area (Å²) in [5.74, 6) is 0.333. The number of amides is 1. The number of anilines is 1. The van der Waals surface area contributed by atoms with Gasteiger partial charge < -0.3 is 14.8 Å². The quantitative estimate of drug-likeness (QED) is 0.238. The summed E-state index contributed by atoms with van der Waals surface area (Å²) in [5, 5.41) is 23.2. The highest BCUT2D eigenvalue weighted by Gasteiger charge is 2.23. The summed E-state index contributed by atoms with van der Waals surface area (Å²) >= 11 is 11.1. The van der Waals surface area contributed by atoms with Gasteiger partial charge >= 0.3 is 0 Å². The van der Waals surface area contributed by atoms with Crippen LogP contribution in [0.4, 0.5) is 5.00 Å². The van der Waals surface area contributed by atoms with Crippen molar-refractivity contribution in [1.82, 2.24) is 0 Å². The Morgan fingerprint density at radius 1 is 1.25 bits per heavy atom. The van der Waals surface area contributed by atoms with Crippen molar-refractivity contribution >= 4 is 55.9 Å². The molecule has 1 aliphatic carbocycles. The monoisotopic (exact) mass is 581 g/mol. The lowest BCUT2D eigenvalue weighted by atomic mass is 9.96. The Labute approximate surface area is 226 Å². The van der Waals surface area contributed by atoms with Gasteiger partial charge in [0.25, 0.3) is 5.91 Å². The van der Waals surface area contributed by atoms with Crippen molar-refractivity contribution in [2.75, 3.05) is 12.4 Å². The second-order valence-electron chi connectivity index (χ2n) is 8.06. The van der Waals surface area contributed by atoms with E-state index in [4.69, 9.17) is 21.1 Å². The van der Waals surface area contributed by atoms with Crippen LogP contribution >= 0.6 is 38.9 Å². The third-order valence-corrected chi connectivity index (χ3v) is 7.93. The minimum Gasteiger partial charge on any atom is -0.493 e. The fraction of sp³-hybridized carbons (Fsp3) is 0.222. The third kappa shape index (κ3) is 5.57. The Morgan fingerprint density at radius 2 is 2.03 bits per heavy atom. The van der Waals surface area contributed by atoms with E-state index in [9.17, 15) is 15.3 Å². The molecule has 0 saturated carbocycles. The first-order chi connectivity index (χ1) is 17.4. The van der Waals surface area contributed by atoms with Gasteiger partial charge in [0.15, 0.2) is 11.5 Å². The topological polar surface area (TPSA) is 95.1 Å². The van der Waals surface area contributed by atoms with E-state index < -0.39 is 5.91 Å². The molecular weight excluding hydrogens is 562 g/mol. The molecular formula is C27H21BrClN3O3S. The van der Waals surface area contributed by atoms with Crippen LogP contribution < -0.4 is 14.8 Å². The molecule has 1 N–H and O–H groups in total. The molecule has 0 spiro atoms. The molecule has 36 heavy (non-hydrogen) atoms. The van der Waals surface area contributed by atoms with E-state index in [1.54, 1.807) is 18.2 Å². The number of fused-ring (bicyclic) bond motifs is 1. The number of thiophene rings is 1. The molecule has 1 aromatic heterocycles. The second-order valence-corrected chi connectivity index (χ2v) is 10.4. The van der Waals surface area contributed by atoms with Crippen LogP contribution in [0.5, 0.6) is 11.5 Å². The van der Waals surface area contributed by atoms with Crippen LogP contribution in [-0.2, 0) is 24.2 Å². The molecule has 0 radical (unpaired) electrons. The molecule has 0 aliphatic heterocycles. The van der Waals surface area contributed by atoms with E-state index >= 15 is 0 Å². The first kappa shape index (κ1) is 25.8. The Morgan fingerprint density at radius 3 is 2.75 bits per heavy atom. The number of ether oxygens (including phenoxy) is 2. The molecule has 0 bridgehead atoms. The molecule has 1 aliphatic rings. The number of benzene rings is 2. The van der Waals surface area contributed by atoms with Gasteiger partial charge in [0, 0.05) is 15.5 Å². The van der Waals surface area contributed by atoms with Crippen LogP contribution in [0.3, 0.4) is 0 Å². The fourth-order valence-electron chi connectivity index (χ4n) is 3.99. The van der Waals surface area contributed by atoms with E-state index in [0.717, 1.165) is 41.7 Å². The molecule has 0 saturated heterocycles. The second kappa shape index (κ2) is 11.6. The number of nitrogens with one attached hydrogen (secondary N) is 1. The maximum Gasteiger partial charge on any atom is 0.266 e. The minimum atomic E-state index is -0.568. The van der Waals surface area contributed by atoms with E-state index in [1.807, 2.05) is 24.3 Å². The molecule has 1 amide bonds. The summed E-state index contributed by atoms with van der Waals surface area (Å²) in [5.41, 5.74) is 2.83. The van der Waals surface area contributed by atoms with Crippen LogP contribution in [0, 0.1) is 22.7 Å². The summed E-state index contributed by atoms with van der Waals surface area (Å²) in [6.45, 7) is 0.238. The average Bonchev–Trinajstić information content (AvgIpc) is 3.23. The molecule has 3 aromatic rings. The van der Waals surface area contributed by atoms with Gasteiger partial charge in [-0.15, -0.1) is 11.3 Å². The van der Waals surface area contributed by atoms with Gasteiger partial charge in [-0.05, 0) is 77.0 Å². The van der Waals surface area contributed by atoms with E-state index in [0.29, 0.717) is 37.1 Å². The Bertz CT molecular complexity index is 1440. The number of aryl methyl sites for hydroxylation is 1. The average molecular weight is 583 g/mol. The van der Waals surface area contributed by atoms with E-state index in [-0.39, 0.29) is 12.2 Å². The minimum absolute atomic E-state index is 0.0936. The molecule has 0 unspecified atom stereocenters. The highest BCUT2D eigenvalue weighted by atomic mass is 79.9. The predicted octanol–water partition coefficient (Wildman–Crippen LogP) is 7.05. The SMILES string of the molecule is COc1cc(C=C(C#N)C(=O)Nc2sc3c(c2C#N)CCCC3)cc(Br)c1OCc1ccccc1Cl. The van der Waals surface area contributed by atoms with Crippen LogP contribution in [0.2, 0.25) is 5.02 Å². The first-order valence-corrected chi connectivity index (χ1v) is 13.2. The van der Waals surface area contributed by atoms with Crippen LogP contribution in [0.1, 0.15) is 40.0 Å². The summed E-state index contributed by atoms with van der Waals surface area (Å²) < 4.78 is 12.0. The zero-order valence-electron chi connectivity index (χ0n) is 19.4. The summed E-state index contributed by atoms with van der Waals surface area (Å²) in [7, 11) is 1.51. The Balaban J connectivity index is 1.56. The summed E-state index contributed by atoms with van der Waals surface area (Å²) in [6, 6.07) is 15.0. The van der Waals surface area contributed by atoms with Crippen molar-refractivity contribution in [2.45, 2.75) is 32.3 Å². The highest BCUT2D eigenvalue weighted by molar-refractivity contribution is 9.10. The van der Waals surface area contributed by atoms with Gasteiger partial charge in [-0.1, -0.05) is 29.8 Å². The Hall–Kier alpha value is -3.30. The smallest absolute Gasteiger partial charge is 0.266 e. The highest BCUT2D eigenvalue weighted by Crippen LogP contribution is 2.39. The summed E-state index contributed by atoms with van der Waals surface area (Å²) in [4.78, 5) is 14.1. The van der Waals surface area contributed by atoms with Crippen molar-refractivity contribution in [1.29, 1.82) is 10.5 Å². The molecule has 4 rings (SSSR count). The number of hydrogen-bond acceptors (Lipinski definition) is 6. The molecule has 182 valence electrons. The van der Waals surface area contributed by atoms with Gasteiger partial charge in [0.1, 0.15) is 29.3 Å². The lowest BCUT2D eigenvalue weighted by Gasteiger charge is -2.14. The van der Waals surface area contributed by atoms with Crippen molar-refractivity contribution in [3.8, 4) is 23.6 Å². The number of methoxy groups -OCH3 is 1. The first-order valence-electron chi connectivity index (χ1n) is 11.2. The Kier molecular flexibility index (Phi) is 8.32. The molecule has 9 heteroatoms. The number of halogens is 2. The molecule has 6 nitrogen and oxygen atoms in total. The number of nitriles is 2. The number of nitrogens with zero attached hydrogens (tertiary/aromatic N) is 2. The zero-order chi connectivity index (χ0) is 25.7. The molecule has 1 heterocycles. The standard InChI is InChI=1S/C27H21BrClN3O3S/c1-34-23-12-16(11-21(28)25(23)35-15-17-6-2-4-8-22(17)29)10-18(13-30)26(33)32-27-20(14-31)19-7-3-5-9-24(19)36-27/h2,4,6,8,10-12H,3,5,7,9,15H2,1H3,(H,32,33). The number of carbonyl (C=O) groups is 1. The lowest BCUT2D eigenvalue weighted by molar-refractivity contribution is -0.112. The van der Waals surface area contributed by atoms with Crippen molar-refractivity contribution in [3.63, 3.8) is 0 Å². The lowest BCUT2D eigenvalue weighted by Crippen LogP contribution is -2.13. The molecule has 2 aromatic carbocycles. The number of rotatable bonds is 7. The third-order valence-electron chi connectivity index (χ3n) is 5.77. The van der Waals surface area contributed by atoms with Gasteiger partial charge in [-0.25, -0.2) is 0 Å². The number of hydrogen-bond donors (Lipinski definition) is 1. The summed E-state index contributed by atoms with van der Waals surface area (Å²) in [6.07, 6.45) is 5.32. The fourth-order valence-corrected chi connectivity index (χ4v) is 5.99. The van der Waals surface area contributed by atoms with E-state index in [2.05, 4.69) is 27.3 Å². The number of carbonyl (C=O) groups excluding carboxylic acids is 1. The van der Waals surface area contributed by atoms with Crippen LogP contribution in [-0.4, -0.2) is 13.0 Å². The maximum absolute atomic E-state index is 12.9. The predicted molar refractivity (Wildman–Crippen MR) is 144 cm³/mol.